The van der Waals surface area contributed by atoms with Crippen molar-refractivity contribution in [1.82, 2.24) is 0 Å². The van der Waals surface area contributed by atoms with Gasteiger partial charge in [-0.3, -0.25) is 14.2 Å². The van der Waals surface area contributed by atoms with Crippen LogP contribution in [0, 0.1) is 0 Å². The predicted octanol–water partition coefficient (Wildman–Crippen LogP) is 18.8. The number of rotatable bonds is 56. The second-order valence-corrected chi connectivity index (χ2v) is 23.1. The number of likely N-dealkylation sites (N-methyl/N-ethyl adjacent to an activating group) is 1. The summed E-state index contributed by atoms with van der Waals surface area (Å²) in [5.74, 6) is -0.844. The van der Waals surface area contributed by atoms with E-state index in [1.54, 1.807) is 0 Å². The first-order valence-corrected chi connectivity index (χ1v) is 32.3. The number of esters is 2. The molecule has 0 bridgehead atoms. The maximum atomic E-state index is 12.8. The van der Waals surface area contributed by atoms with Gasteiger partial charge in [-0.2, -0.15) is 0 Å². The number of hydrogen-bond donors (Lipinski definition) is 0. The van der Waals surface area contributed by atoms with E-state index in [0.717, 1.165) is 89.9 Å². The monoisotopic (exact) mass is 1070 g/mol. The average molecular weight is 1070 g/mol. The Kier molecular flexibility index (Phi) is 53.8. The minimum absolute atomic E-state index is 0.0346. The maximum Gasteiger partial charge on any atom is 0.306 e. The van der Waals surface area contributed by atoms with Crippen LogP contribution in [0.25, 0.3) is 0 Å². The second-order valence-electron chi connectivity index (χ2n) is 21.7. The van der Waals surface area contributed by atoms with Gasteiger partial charge < -0.3 is 27.9 Å². The number of carbonyl (C=O) groups is 2. The highest BCUT2D eigenvalue weighted by atomic mass is 31.2. The summed E-state index contributed by atoms with van der Waals surface area (Å²) in [5, 5.41) is 0. The highest BCUT2D eigenvalue weighted by molar-refractivity contribution is 7.45. The second kappa shape index (κ2) is 55.9. The lowest BCUT2D eigenvalue weighted by Crippen LogP contribution is -2.37. The van der Waals surface area contributed by atoms with Crippen molar-refractivity contribution in [2.24, 2.45) is 0 Å². The Morgan fingerprint density at radius 3 is 1.13 bits per heavy atom. The summed E-state index contributed by atoms with van der Waals surface area (Å²) in [6, 6.07) is 0. The maximum absolute atomic E-state index is 12.8. The van der Waals surface area contributed by atoms with E-state index in [2.05, 4.69) is 98.9 Å². The fourth-order valence-electron chi connectivity index (χ4n) is 8.42. The number of carbonyl (C=O) groups excluding carboxylic acids is 2. The number of phosphoric acid groups is 1. The number of allylic oxidation sites excluding steroid dienone is 14. The van der Waals surface area contributed by atoms with Gasteiger partial charge in [0.15, 0.2) is 6.10 Å². The summed E-state index contributed by atoms with van der Waals surface area (Å²) in [7, 11) is 1.16. The molecule has 0 aromatic carbocycles. The van der Waals surface area contributed by atoms with Crippen molar-refractivity contribution in [3.63, 3.8) is 0 Å². The number of nitrogens with zero attached hydrogens (tertiary/aromatic N) is 1. The predicted molar refractivity (Wildman–Crippen MR) is 319 cm³/mol. The Morgan fingerprint density at radius 2 is 0.760 bits per heavy atom. The first kappa shape index (κ1) is 72.2. The zero-order valence-corrected chi connectivity index (χ0v) is 50.1. The number of hydrogen-bond acceptors (Lipinski definition) is 8. The van der Waals surface area contributed by atoms with Crippen molar-refractivity contribution < 1.29 is 42.1 Å². The van der Waals surface area contributed by atoms with Gasteiger partial charge in [-0.15, -0.1) is 0 Å². The van der Waals surface area contributed by atoms with Gasteiger partial charge in [-0.25, -0.2) is 0 Å². The van der Waals surface area contributed by atoms with E-state index in [1.165, 1.54) is 135 Å². The van der Waals surface area contributed by atoms with Crippen LogP contribution in [-0.2, 0) is 32.7 Å². The molecule has 434 valence electrons. The smallest absolute Gasteiger partial charge is 0.306 e. The molecule has 0 heterocycles. The first-order chi connectivity index (χ1) is 36.5. The third kappa shape index (κ3) is 60.3. The fourth-order valence-corrected chi connectivity index (χ4v) is 9.15. The van der Waals surface area contributed by atoms with Crippen molar-refractivity contribution in [3.05, 3.63) is 85.1 Å². The summed E-state index contributed by atoms with van der Waals surface area (Å²) in [6.45, 7) is 4.11. The highest BCUT2D eigenvalue weighted by Gasteiger charge is 2.22. The van der Waals surface area contributed by atoms with Crippen molar-refractivity contribution >= 4 is 19.8 Å². The molecule has 0 aliphatic heterocycles. The molecule has 0 amide bonds. The van der Waals surface area contributed by atoms with E-state index in [9.17, 15) is 19.0 Å². The van der Waals surface area contributed by atoms with Crippen LogP contribution in [-0.4, -0.2) is 70.0 Å². The average Bonchev–Trinajstić information content (AvgIpc) is 3.37. The lowest BCUT2D eigenvalue weighted by atomic mass is 10.0. The molecule has 2 unspecified atom stereocenters. The largest absolute Gasteiger partial charge is 0.756 e. The van der Waals surface area contributed by atoms with Gasteiger partial charge in [0.2, 0.25) is 0 Å². The van der Waals surface area contributed by atoms with Gasteiger partial charge in [-0.1, -0.05) is 247 Å². The van der Waals surface area contributed by atoms with Crippen LogP contribution in [0.2, 0.25) is 0 Å². The Bertz CT molecular complexity index is 1540. The number of unbranched alkanes of at least 4 members (excludes halogenated alkanes) is 28. The van der Waals surface area contributed by atoms with E-state index in [-0.39, 0.29) is 26.1 Å². The first-order valence-electron chi connectivity index (χ1n) is 30.8. The third-order valence-electron chi connectivity index (χ3n) is 13.1. The summed E-state index contributed by atoms with van der Waals surface area (Å²) < 4.78 is 34.2. The molecule has 2 atom stereocenters. The SMILES string of the molecule is CC/C=C\C/C=C\C/C=C\C/C=C\C/C=C\CCCCCCCCCCCCCCCCCCCCCC(=O)OC(COC(=O)CCCCCCC/C=C\C/C=C\CCCCCC)COP(=O)([O-])OCC[N+](C)(C)C. The van der Waals surface area contributed by atoms with Crippen LogP contribution < -0.4 is 4.89 Å². The molecule has 0 saturated carbocycles. The number of phosphoric ester groups is 1. The molecule has 10 heteroatoms. The zero-order valence-electron chi connectivity index (χ0n) is 49.2. The molecular weight excluding hydrogens is 954 g/mol. The number of quaternary nitrogens is 1. The van der Waals surface area contributed by atoms with Crippen LogP contribution >= 0.6 is 7.82 Å². The van der Waals surface area contributed by atoms with E-state index >= 15 is 0 Å². The van der Waals surface area contributed by atoms with E-state index in [1.807, 2.05) is 21.1 Å². The molecule has 0 rings (SSSR count). The fraction of sp³-hybridized carbons (Fsp3) is 0.754. The molecule has 9 nitrogen and oxygen atoms in total. The van der Waals surface area contributed by atoms with Gasteiger partial charge in [0.1, 0.15) is 19.8 Å². The molecule has 0 aromatic rings. The molecule has 0 aromatic heterocycles. The molecule has 0 N–H and O–H groups in total. The minimum atomic E-state index is -4.64. The summed E-state index contributed by atoms with van der Waals surface area (Å²) >= 11 is 0. The highest BCUT2D eigenvalue weighted by Crippen LogP contribution is 2.38. The third-order valence-corrected chi connectivity index (χ3v) is 14.1. The van der Waals surface area contributed by atoms with Crippen LogP contribution in [0.4, 0.5) is 0 Å². The molecule has 0 saturated heterocycles. The summed E-state index contributed by atoms with van der Waals surface area (Å²) in [5.41, 5.74) is 0. The van der Waals surface area contributed by atoms with E-state index in [0.29, 0.717) is 23.9 Å². The van der Waals surface area contributed by atoms with Gasteiger partial charge in [0.25, 0.3) is 7.82 Å². The van der Waals surface area contributed by atoms with Crippen LogP contribution in [0.15, 0.2) is 85.1 Å². The topological polar surface area (TPSA) is 111 Å². The van der Waals surface area contributed by atoms with Crippen molar-refractivity contribution in [2.75, 3.05) is 47.5 Å². The van der Waals surface area contributed by atoms with Gasteiger partial charge in [0, 0.05) is 12.8 Å². The molecule has 0 aliphatic rings. The normalized spacial score (nSPS) is 13.8. The number of ether oxygens (including phenoxy) is 2. The van der Waals surface area contributed by atoms with Gasteiger partial charge in [-0.05, 0) is 89.9 Å². The van der Waals surface area contributed by atoms with Crippen molar-refractivity contribution in [3.8, 4) is 0 Å². The Labute approximate surface area is 462 Å². The quantitative estimate of drug-likeness (QED) is 0.0195. The minimum Gasteiger partial charge on any atom is -0.756 e. The van der Waals surface area contributed by atoms with Gasteiger partial charge in [0.05, 0.1) is 27.7 Å². The Morgan fingerprint density at radius 1 is 0.427 bits per heavy atom. The van der Waals surface area contributed by atoms with Crippen molar-refractivity contribution in [2.45, 2.75) is 270 Å². The molecule has 75 heavy (non-hydrogen) atoms. The van der Waals surface area contributed by atoms with Crippen LogP contribution in [0.1, 0.15) is 264 Å². The van der Waals surface area contributed by atoms with Crippen LogP contribution in [0.5, 0.6) is 0 Å². The van der Waals surface area contributed by atoms with Crippen molar-refractivity contribution in [1.29, 1.82) is 0 Å². The lowest BCUT2D eigenvalue weighted by Gasteiger charge is -2.28. The van der Waals surface area contributed by atoms with E-state index < -0.39 is 32.5 Å². The Hall–Kier alpha value is -2.81. The summed E-state index contributed by atoms with van der Waals surface area (Å²) in [4.78, 5) is 37.9. The van der Waals surface area contributed by atoms with E-state index in [4.69, 9.17) is 18.5 Å². The van der Waals surface area contributed by atoms with Crippen LogP contribution in [0.3, 0.4) is 0 Å². The lowest BCUT2D eigenvalue weighted by molar-refractivity contribution is -0.870. The molecule has 0 radical (unpaired) electrons. The molecule has 0 spiro atoms. The Balaban J connectivity index is 4.03. The summed E-state index contributed by atoms with van der Waals surface area (Å²) in [6.07, 6.45) is 75.0. The molecule has 0 aliphatic carbocycles. The van der Waals surface area contributed by atoms with Gasteiger partial charge >= 0.3 is 11.9 Å². The molecular formula is C65H116NO8P. The standard InChI is InChI=1S/C65H116NO8P/c1-6-8-10-12-14-16-18-20-22-24-25-26-27-28-29-30-31-32-33-34-35-36-37-38-39-40-41-42-44-46-48-50-52-54-56-58-65(68)74-63(62-73-75(69,70)72-60-59-66(3,4)5)61-71-64(67)57-55-53-51-49-47-45-43-23-21-19-17-15-13-11-9-7-2/h8,10,14,16-17,19-20,22-23,25-26,28-29,43,63H,6-7,9,11-13,15,18,21,24,27,30-42,44-62H2,1-5H3/b10-8-,16-14-,19-17-,22-20-,26-25-,29-28-,43-23-. The zero-order chi connectivity index (χ0) is 54.9. The molecule has 0 fully saturated rings.